The summed E-state index contributed by atoms with van der Waals surface area (Å²) in [5.41, 5.74) is 0.926. The molecule has 0 radical (unpaired) electrons. The molecule has 0 atom stereocenters. The van der Waals surface area contributed by atoms with Gasteiger partial charge < -0.3 is 4.74 Å². The third kappa shape index (κ3) is 3.36. The highest BCUT2D eigenvalue weighted by atomic mass is 16.5. The highest BCUT2D eigenvalue weighted by Crippen LogP contribution is 2.27. The SMILES string of the molecule is O=C(CC1CCCCCC1)C1=COCCC1. The van der Waals surface area contributed by atoms with Gasteiger partial charge in [0.05, 0.1) is 12.9 Å². The van der Waals surface area contributed by atoms with Crippen LogP contribution in [0.3, 0.4) is 0 Å². The van der Waals surface area contributed by atoms with Crippen LogP contribution in [0.1, 0.15) is 57.8 Å². The maximum Gasteiger partial charge on any atom is 0.162 e. The van der Waals surface area contributed by atoms with Crippen molar-refractivity contribution in [2.24, 2.45) is 5.92 Å². The van der Waals surface area contributed by atoms with Gasteiger partial charge in [-0.25, -0.2) is 0 Å². The molecule has 0 unspecified atom stereocenters. The lowest BCUT2D eigenvalue weighted by Crippen LogP contribution is -2.13. The van der Waals surface area contributed by atoms with Crippen LogP contribution >= 0.6 is 0 Å². The van der Waals surface area contributed by atoms with Gasteiger partial charge >= 0.3 is 0 Å². The summed E-state index contributed by atoms with van der Waals surface area (Å²) >= 11 is 0. The molecule has 16 heavy (non-hydrogen) atoms. The van der Waals surface area contributed by atoms with Crippen molar-refractivity contribution >= 4 is 5.78 Å². The topological polar surface area (TPSA) is 26.3 Å². The van der Waals surface area contributed by atoms with Crippen molar-refractivity contribution in [1.29, 1.82) is 0 Å². The van der Waals surface area contributed by atoms with Gasteiger partial charge in [-0.1, -0.05) is 38.5 Å². The smallest absolute Gasteiger partial charge is 0.162 e. The van der Waals surface area contributed by atoms with Gasteiger partial charge in [0, 0.05) is 12.0 Å². The predicted octanol–water partition coefficient (Wildman–Crippen LogP) is 3.61. The number of ether oxygens (including phenoxy) is 1. The quantitative estimate of drug-likeness (QED) is 0.682. The molecule has 0 aromatic rings. The first-order chi connectivity index (χ1) is 7.86. The van der Waals surface area contributed by atoms with E-state index in [9.17, 15) is 4.79 Å². The third-order valence-corrected chi connectivity index (χ3v) is 3.74. The lowest BCUT2D eigenvalue weighted by atomic mass is 9.91. The monoisotopic (exact) mass is 222 g/mol. The summed E-state index contributed by atoms with van der Waals surface area (Å²) in [5, 5.41) is 0. The number of carbonyl (C=O) groups excluding carboxylic acids is 1. The number of ketones is 1. The van der Waals surface area contributed by atoms with E-state index in [0.717, 1.165) is 31.4 Å². The molecule has 0 saturated heterocycles. The van der Waals surface area contributed by atoms with Gasteiger partial charge in [-0.05, 0) is 18.8 Å². The fourth-order valence-electron chi connectivity index (χ4n) is 2.73. The molecule has 0 spiro atoms. The Bertz CT molecular complexity index is 260. The van der Waals surface area contributed by atoms with E-state index in [1.54, 1.807) is 6.26 Å². The molecule has 2 rings (SSSR count). The summed E-state index contributed by atoms with van der Waals surface area (Å²) in [5.74, 6) is 0.976. The first kappa shape index (κ1) is 11.7. The molecule has 1 fully saturated rings. The minimum absolute atomic E-state index is 0.339. The van der Waals surface area contributed by atoms with E-state index in [2.05, 4.69) is 0 Å². The van der Waals surface area contributed by atoms with Crippen LogP contribution in [0.25, 0.3) is 0 Å². The second-order valence-corrected chi connectivity index (χ2v) is 5.10. The molecule has 2 aliphatic rings. The van der Waals surface area contributed by atoms with Gasteiger partial charge in [-0.3, -0.25) is 4.79 Å². The Kier molecular flexibility index (Phi) is 4.44. The molecule has 0 aromatic carbocycles. The normalized spacial score (nSPS) is 23.1. The number of hydrogen-bond donors (Lipinski definition) is 0. The summed E-state index contributed by atoms with van der Waals surface area (Å²) in [6.45, 7) is 0.778. The Hall–Kier alpha value is -0.790. The van der Waals surface area contributed by atoms with Crippen LogP contribution in [0, 0.1) is 5.92 Å². The zero-order valence-electron chi connectivity index (χ0n) is 10.0. The highest BCUT2D eigenvalue weighted by Gasteiger charge is 2.19. The molecule has 0 amide bonds. The summed E-state index contributed by atoms with van der Waals surface area (Å²) < 4.78 is 5.23. The lowest BCUT2D eigenvalue weighted by molar-refractivity contribution is -0.117. The Morgan fingerprint density at radius 1 is 1.19 bits per heavy atom. The first-order valence-electron chi connectivity index (χ1n) is 6.70. The maximum atomic E-state index is 12.0. The predicted molar refractivity (Wildman–Crippen MR) is 64.1 cm³/mol. The Morgan fingerprint density at radius 2 is 1.94 bits per heavy atom. The van der Waals surface area contributed by atoms with E-state index in [0.29, 0.717) is 11.7 Å². The van der Waals surface area contributed by atoms with E-state index in [4.69, 9.17) is 4.74 Å². The van der Waals surface area contributed by atoms with Crippen molar-refractivity contribution in [1.82, 2.24) is 0 Å². The minimum atomic E-state index is 0.339. The van der Waals surface area contributed by atoms with Crippen molar-refractivity contribution in [3.05, 3.63) is 11.8 Å². The molecule has 1 saturated carbocycles. The van der Waals surface area contributed by atoms with E-state index in [-0.39, 0.29) is 0 Å². The average molecular weight is 222 g/mol. The third-order valence-electron chi connectivity index (χ3n) is 3.74. The van der Waals surface area contributed by atoms with Gasteiger partial charge in [0.25, 0.3) is 0 Å². The van der Waals surface area contributed by atoms with Crippen LogP contribution in [0.2, 0.25) is 0 Å². The van der Waals surface area contributed by atoms with Crippen LogP contribution < -0.4 is 0 Å². The van der Waals surface area contributed by atoms with Crippen molar-refractivity contribution in [2.75, 3.05) is 6.61 Å². The average Bonchev–Trinajstić information content (AvgIpc) is 2.59. The fourth-order valence-corrected chi connectivity index (χ4v) is 2.73. The molecule has 0 aromatic heterocycles. The molecule has 1 aliphatic carbocycles. The Balaban J connectivity index is 1.83. The van der Waals surface area contributed by atoms with Crippen LogP contribution in [0.4, 0.5) is 0 Å². The molecule has 1 aliphatic heterocycles. The first-order valence-corrected chi connectivity index (χ1v) is 6.70. The lowest BCUT2D eigenvalue weighted by Gasteiger charge is -2.16. The molecule has 0 bridgehead atoms. The summed E-state index contributed by atoms with van der Waals surface area (Å²) in [7, 11) is 0. The fraction of sp³-hybridized carbons (Fsp3) is 0.786. The van der Waals surface area contributed by atoms with Crippen LogP contribution in [-0.2, 0) is 9.53 Å². The zero-order valence-corrected chi connectivity index (χ0v) is 10.0. The molecular formula is C14H22O2. The Morgan fingerprint density at radius 3 is 2.56 bits per heavy atom. The largest absolute Gasteiger partial charge is 0.501 e. The van der Waals surface area contributed by atoms with Gasteiger partial charge in [0.1, 0.15) is 0 Å². The highest BCUT2D eigenvalue weighted by molar-refractivity contribution is 5.95. The van der Waals surface area contributed by atoms with Gasteiger partial charge in [0.2, 0.25) is 0 Å². The summed E-state index contributed by atoms with van der Waals surface area (Å²) in [6.07, 6.45) is 12.2. The Labute approximate surface area is 98.1 Å². The van der Waals surface area contributed by atoms with Gasteiger partial charge in [0.15, 0.2) is 5.78 Å². The van der Waals surface area contributed by atoms with Crippen LogP contribution in [0.15, 0.2) is 11.8 Å². The number of hydrogen-bond acceptors (Lipinski definition) is 2. The van der Waals surface area contributed by atoms with Crippen molar-refractivity contribution < 1.29 is 9.53 Å². The molecule has 2 nitrogen and oxygen atoms in total. The zero-order chi connectivity index (χ0) is 11.2. The summed E-state index contributed by atoms with van der Waals surface area (Å²) in [4.78, 5) is 12.0. The van der Waals surface area contributed by atoms with Crippen LogP contribution in [-0.4, -0.2) is 12.4 Å². The van der Waals surface area contributed by atoms with E-state index in [1.165, 1.54) is 38.5 Å². The second-order valence-electron chi connectivity index (χ2n) is 5.10. The molecule has 1 heterocycles. The van der Waals surface area contributed by atoms with Crippen molar-refractivity contribution in [2.45, 2.75) is 57.8 Å². The molecule has 2 heteroatoms. The van der Waals surface area contributed by atoms with E-state index >= 15 is 0 Å². The summed E-state index contributed by atoms with van der Waals surface area (Å²) in [6, 6.07) is 0. The van der Waals surface area contributed by atoms with E-state index in [1.807, 2.05) is 0 Å². The van der Waals surface area contributed by atoms with Crippen molar-refractivity contribution in [3.8, 4) is 0 Å². The standard InChI is InChI=1S/C14H22O2/c15-14(13-8-5-9-16-11-13)10-12-6-3-1-2-4-7-12/h11-12H,1-10H2. The number of carbonyl (C=O) groups is 1. The van der Waals surface area contributed by atoms with Crippen LogP contribution in [0.5, 0.6) is 0 Å². The maximum absolute atomic E-state index is 12.0. The second kappa shape index (κ2) is 6.07. The molecule has 90 valence electrons. The minimum Gasteiger partial charge on any atom is -0.501 e. The number of allylic oxidation sites excluding steroid dienone is 1. The molecular weight excluding hydrogens is 200 g/mol. The van der Waals surface area contributed by atoms with E-state index < -0.39 is 0 Å². The number of Topliss-reactive ketones (excluding diaryl/α,β-unsaturated/α-hetero) is 1. The number of rotatable bonds is 3. The van der Waals surface area contributed by atoms with Crippen molar-refractivity contribution in [3.63, 3.8) is 0 Å². The van der Waals surface area contributed by atoms with Gasteiger partial charge in [-0.15, -0.1) is 0 Å². The molecule has 0 N–H and O–H groups in total. The van der Waals surface area contributed by atoms with Gasteiger partial charge in [-0.2, -0.15) is 0 Å².